The molecule has 0 bridgehead atoms. The molecule has 1 atom stereocenters. The molecule has 0 fully saturated rings. The van der Waals surface area contributed by atoms with E-state index >= 15 is 0 Å². The molecule has 0 aliphatic heterocycles. The Balaban J connectivity index is 2.43. The molecule has 0 aromatic heterocycles. The summed E-state index contributed by atoms with van der Waals surface area (Å²) in [5.41, 5.74) is 1.52. The van der Waals surface area contributed by atoms with E-state index in [1.165, 1.54) is 13.2 Å². The fourth-order valence-corrected chi connectivity index (χ4v) is 2.62. The zero-order chi connectivity index (χ0) is 18.6. The molecule has 0 heterocycles. The number of aromatic hydroxyl groups is 1. The Kier molecular flexibility index (Phi) is 5.59. The smallest absolute Gasteiger partial charge is 0.311 e. The molecule has 7 heteroatoms. The average molecular weight is 345 g/mol. The normalized spacial score (nSPS) is 11.8. The molecular weight excluding hydrogens is 326 g/mol. The molecule has 0 spiro atoms. The lowest BCUT2D eigenvalue weighted by Gasteiger charge is -2.15. The minimum atomic E-state index is -1.07. The van der Waals surface area contributed by atoms with Crippen molar-refractivity contribution >= 4 is 11.7 Å². The number of carboxylic acids is 1. The van der Waals surface area contributed by atoms with Crippen LogP contribution in [0.3, 0.4) is 0 Å². The summed E-state index contributed by atoms with van der Waals surface area (Å²) < 4.78 is 4.95. The molecule has 0 amide bonds. The number of aryl methyl sites for hydroxylation is 1. The molecule has 2 rings (SSSR count). The van der Waals surface area contributed by atoms with E-state index < -0.39 is 16.8 Å². The van der Waals surface area contributed by atoms with Crippen LogP contribution in [0.5, 0.6) is 11.5 Å². The quantitative estimate of drug-likeness (QED) is 0.588. The van der Waals surface area contributed by atoms with Crippen LogP contribution in [-0.2, 0) is 17.6 Å². The fraction of sp³-hybridized carbons (Fsp3) is 0.278. The minimum Gasteiger partial charge on any atom is -0.504 e. The predicted octanol–water partition coefficient (Wildman–Crippen LogP) is 3.28. The van der Waals surface area contributed by atoms with Crippen LogP contribution in [0.15, 0.2) is 36.4 Å². The first-order valence-electron chi connectivity index (χ1n) is 7.73. The molecular formula is C18H19NO6. The third-order valence-electron chi connectivity index (χ3n) is 4.08. The number of rotatable bonds is 7. The van der Waals surface area contributed by atoms with Crippen molar-refractivity contribution in [3.8, 4) is 11.5 Å². The zero-order valence-corrected chi connectivity index (χ0v) is 13.9. The van der Waals surface area contributed by atoms with E-state index in [1.807, 2.05) is 19.1 Å². The van der Waals surface area contributed by atoms with Gasteiger partial charge in [-0.15, -0.1) is 0 Å². The summed E-state index contributed by atoms with van der Waals surface area (Å²) in [4.78, 5) is 22.1. The summed E-state index contributed by atoms with van der Waals surface area (Å²) in [6, 6.07) is 9.42. The average Bonchev–Trinajstić information content (AvgIpc) is 2.60. The molecule has 132 valence electrons. The third kappa shape index (κ3) is 4.06. The predicted molar refractivity (Wildman–Crippen MR) is 91.2 cm³/mol. The first-order valence-corrected chi connectivity index (χ1v) is 7.73. The van der Waals surface area contributed by atoms with Crippen LogP contribution >= 0.6 is 0 Å². The van der Waals surface area contributed by atoms with Gasteiger partial charge in [-0.05, 0) is 24.0 Å². The van der Waals surface area contributed by atoms with E-state index in [4.69, 9.17) is 4.74 Å². The van der Waals surface area contributed by atoms with Crippen LogP contribution in [0.2, 0.25) is 0 Å². The highest BCUT2D eigenvalue weighted by atomic mass is 16.6. The highest BCUT2D eigenvalue weighted by molar-refractivity contribution is 5.77. The van der Waals surface area contributed by atoms with Gasteiger partial charge in [0.2, 0.25) is 0 Å². The Labute approximate surface area is 144 Å². The Bertz CT molecular complexity index is 785. The number of benzene rings is 2. The van der Waals surface area contributed by atoms with Crippen LogP contribution in [0.25, 0.3) is 0 Å². The highest BCUT2D eigenvalue weighted by Crippen LogP contribution is 2.37. The number of nitro groups is 1. The molecule has 25 heavy (non-hydrogen) atoms. The van der Waals surface area contributed by atoms with Crippen molar-refractivity contribution < 1.29 is 24.7 Å². The molecule has 0 saturated carbocycles. The van der Waals surface area contributed by atoms with Crippen molar-refractivity contribution in [1.29, 1.82) is 0 Å². The first kappa shape index (κ1) is 18.3. The van der Waals surface area contributed by atoms with E-state index in [0.717, 1.165) is 18.1 Å². The number of carbonyl (C=O) groups is 1. The molecule has 0 aliphatic carbocycles. The van der Waals surface area contributed by atoms with Crippen molar-refractivity contribution in [3.63, 3.8) is 0 Å². The maximum atomic E-state index is 11.7. The van der Waals surface area contributed by atoms with Crippen LogP contribution in [0.1, 0.15) is 29.5 Å². The Morgan fingerprint density at radius 3 is 2.40 bits per heavy atom. The van der Waals surface area contributed by atoms with Crippen molar-refractivity contribution in [2.24, 2.45) is 0 Å². The topological polar surface area (TPSA) is 110 Å². The standard InChI is InChI=1S/C18H19NO6/c1-3-11-4-6-12(7-5-11)15(18(21)22)9-13-8-14(19(23)24)10-16(25-2)17(13)20/h4-8,10,15,20H,3,9H2,1-2H3,(H,21,22). The van der Waals surface area contributed by atoms with Gasteiger partial charge in [0.05, 0.1) is 24.0 Å². The van der Waals surface area contributed by atoms with E-state index in [2.05, 4.69) is 0 Å². The summed E-state index contributed by atoms with van der Waals surface area (Å²) in [5, 5.41) is 30.8. The maximum absolute atomic E-state index is 11.7. The second kappa shape index (κ2) is 7.65. The monoisotopic (exact) mass is 345 g/mol. The molecule has 7 nitrogen and oxygen atoms in total. The number of phenols is 1. The highest BCUT2D eigenvalue weighted by Gasteiger charge is 2.25. The minimum absolute atomic E-state index is 0.0605. The van der Waals surface area contributed by atoms with E-state index in [0.29, 0.717) is 5.56 Å². The second-order valence-corrected chi connectivity index (χ2v) is 5.60. The number of methoxy groups -OCH3 is 1. The Morgan fingerprint density at radius 2 is 1.92 bits per heavy atom. The molecule has 0 radical (unpaired) electrons. The number of nitrogens with zero attached hydrogens (tertiary/aromatic N) is 1. The summed E-state index contributed by atoms with van der Waals surface area (Å²) in [5.74, 6) is -2.36. The molecule has 2 aromatic carbocycles. The van der Waals surface area contributed by atoms with Gasteiger partial charge in [-0.1, -0.05) is 31.2 Å². The van der Waals surface area contributed by atoms with Gasteiger partial charge in [-0.3, -0.25) is 14.9 Å². The fourth-order valence-electron chi connectivity index (χ4n) is 2.62. The van der Waals surface area contributed by atoms with Gasteiger partial charge in [0.25, 0.3) is 5.69 Å². The SMILES string of the molecule is CCc1ccc(C(Cc2cc([N+](=O)[O-])cc(OC)c2O)C(=O)O)cc1. The van der Waals surface area contributed by atoms with Crippen LogP contribution in [0, 0.1) is 10.1 Å². The lowest BCUT2D eigenvalue weighted by molar-refractivity contribution is -0.385. The second-order valence-electron chi connectivity index (χ2n) is 5.60. The lowest BCUT2D eigenvalue weighted by Crippen LogP contribution is -2.15. The molecule has 2 aromatic rings. The van der Waals surface area contributed by atoms with Gasteiger partial charge in [-0.25, -0.2) is 0 Å². The number of nitro benzene ring substituents is 1. The van der Waals surface area contributed by atoms with E-state index in [-0.39, 0.29) is 29.2 Å². The van der Waals surface area contributed by atoms with Gasteiger partial charge in [0.15, 0.2) is 11.5 Å². The van der Waals surface area contributed by atoms with Crippen LogP contribution < -0.4 is 4.74 Å². The zero-order valence-electron chi connectivity index (χ0n) is 13.9. The van der Waals surface area contributed by atoms with Gasteiger partial charge in [0.1, 0.15) is 0 Å². The van der Waals surface area contributed by atoms with Crippen molar-refractivity contribution in [1.82, 2.24) is 0 Å². The van der Waals surface area contributed by atoms with Crippen molar-refractivity contribution in [2.75, 3.05) is 7.11 Å². The number of ether oxygens (including phenoxy) is 1. The van der Waals surface area contributed by atoms with Gasteiger partial charge < -0.3 is 14.9 Å². The van der Waals surface area contributed by atoms with Gasteiger partial charge >= 0.3 is 5.97 Å². The number of phenolic OH excluding ortho intramolecular Hbond substituents is 1. The number of carboxylic acid groups (broad SMARTS) is 1. The molecule has 2 N–H and O–H groups in total. The van der Waals surface area contributed by atoms with Crippen molar-refractivity contribution in [2.45, 2.75) is 25.7 Å². The van der Waals surface area contributed by atoms with E-state index in [9.17, 15) is 25.1 Å². The van der Waals surface area contributed by atoms with Gasteiger partial charge in [0, 0.05) is 11.6 Å². The largest absolute Gasteiger partial charge is 0.504 e. The summed E-state index contributed by atoms with van der Waals surface area (Å²) >= 11 is 0. The molecule has 1 unspecified atom stereocenters. The maximum Gasteiger partial charge on any atom is 0.311 e. The number of non-ortho nitro benzene ring substituents is 1. The lowest BCUT2D eigenvalue weighted by atomic mass is 9.90. The molecule has 0 aliphatic rings. The van der Waals surface area contributed by atoms with Crippen LogP contribution in [0.4, 0.5) is 5.69 Å². The molecule has 0 saturated heterocycles. The Hall–Kier alpha value is -3.09. The third-order valence-corrected chi connectivity index (χ3v) is 4.08. The first-order chi connectivity index (χ1) is 11.9. The summed E-state index contributed by atoms with van der Waals surface area (Å²) in [7, 11) is 1.28. The van der Waals surface area contributed by atoms with Gasteiger partial charge in [-0.2, -0.15) is 0 Å². The number of hydrogen-bond donors (Lipinski definition) is 2. The Morgan fingerprint density at radius 1 is 1.28 bits per heavy atom. The summed E-state index contributed by atoms with van der Waals surface area (Å²) in [6.45, 7) is 2.00. The van der Waals surface area contributed by atoms with E-state index in [1.54, 1.807) is 12.1 Å². The van der Waals surface area contributed by atoms with Crippen LogP contribution in [-0.4, -0.2) is 28.2 Å². The summed E-state index contributed by atoms with van der Waals surface area (Å²) in [6.07, 6.45) is 0.742. The number of aliphatic carboxylic acids is 1. The number of hydrogen-bond acceptors (Lipinski definition) is 5. The van der Waals surface area contributed by atoms with Crippen molar-refractivity contribution in [3.05, 3.63) is 63.2 Å².